The molecule has 5 nitrogen and oxygen atoms in total. The summed E-state index contributed by atoms with van der Waals surface area (Å²) in [6.07, 6.45) is 7.13. The number of benzene rings is 5. The Labute approximate surface area is 331 Å². The number of amides is 1. The van der Waals surface area contributed by atoms with Gasteiger partial charge in [0.15, 0.2) is 11.5 Å². The van der Waals surface area contributed by atoms with Gasteiger partial charge in [0.25, 0.3) is 0 Å². The molecule has 5 aromatic carbocycles. The lowest BCUT2D eigenvalue weighted by Gasteiger charge is -2.43. The summed E-state index contributed by atoms with van der Waals surface area (Å²) < 4.78 is 24.9. The smallest absolute Gasteiger partial charge is 0.220 e. The number of aryl methyl sites for hydroxylation is 1. The predicted octanol–water partition coefficient (Wildman–Crippen LogP) is 10.2. The average molecular weight is 770 g/mol. The molecular formula is C46H51Cl2FN2O3. The fourth-order valence-electron chi connectivity index (χ4n) is 8.22. The average Bonchev–Trinajstić information content (AvgIpc) is 3.20. The molecule has 0 fully saturated rings. The molecule has 1 aliphatic rings. The fourth-order valence-corrected chi connectivity index (χ4v) is 8.34. The highest BCUT2D eigenvalue weighted by atomic mass is 35.5. The molecule has 0 radical (unpaired) electrons. The minimum Gasteiger partial charge on any atom is -0.493 e. The van der Waals surface area contributed by atoms with Crippen LogP contribution in [0.5, 0.6) is 11.5 Å². The number of carbonyl (C=O) groups is 1. The van der Waals surface area contributed by atoms with Crippen LogP contribution in [-0.2, 0) is 35.0 Å². The molecule has 6 rings (SSSR count). The van der Waals surface area contributed by atoms with Gasteiger partial charge in [-0.15, -0.1) is 12.4 Å². The number of fused-ring (bicyclic) bond motifs is 1. The molecule has 1 aliphatic heterocycles. The van der Waals surface area contributed by atoms with Crippen LogP contribution in [0.4, 0.5) is 4.39 Å². The summed E-state index contributed by atoms with van der Waals surface area (Å²) in [6, 6.07) is 40.6. The van der Waals surface area contributed by atoms with Crippen LogP contribution in [0.15, 0.2) is 121 Å². The van der Waals surface area contributed by atoms with E-state index in [1.165, 1.54) is 39.9 Å². The Kier molecular flexibility index (Phi) is 14.6. The van der Waals surface area contributed by atoms with Crippen molar-refractivity contribution in [3.63, 3.8) is 0 Å². The monoisotopic (exact) mass is 768 g/mol. The lowest BCUT2D eigenvalue weighted by molar-refractivity contribution is -0.121. The third-order valence-corrected chi connectivity index (χ3v) is 11.2. The number of hydrogen-bond donors (Lipinski definition) is 2. The first kappa shape index (κ1) is 40.8. The molecule has 54 heavy (non-hydrogen) atoms. The molecule has 1 heterocycles. The highest BCUT2D eigenvalue weighted by molar-refractivity contribution is 6.30. The molecular weight excluding hydrogens is 718 g/mol. The van der Waals surface area contributed by atoms with Crippen molar-refractivity contribution in [3.05, 3.63) is 166 Å². The van der Waals surface area contributed by atoms with Crippen molar-refractivity contribution in [3.8, 4) is 11.5 Å². The Hall–Kier alpha value is -4.36. The van der Waals surface area contributed by atoms with Crippen LogP contribution < -0.4 is 20.1 Å². The normalized spacial score (nSPS) is 15.1. The number of halogens is 3. The molecule has 0 aliphatic carbocycles. The maximum Gasteiger partial charge on any atom is 0.220 e. The number of rotatable bonds is 17. The fraction of sp³-hybridized carbons (Fsp3) is 0.326. The Balaban J connectivity index is 0.00000561. The van der Waals surface area contributed by atoms with Crippen LogP contribution in [0.2, 0.25) is 5.02 Å². The van der Waals surface area contributed by atoms with E-state index in [1.807, 2.05) is 12.1 Å². The molecule has 0 spiro atoms. The zero-order valence-electron chi connectivity index (χ0n) is 31.2. The topological polar surface area (TPSA) is 59.6 Å². The molecule has 2 N–H and O–H groups in total. The van der Waals surface area contributed by atoms with Crippen molar-refractivity contribution >= 4 is 29.9 Å². The first-order valence-electron chi connectivity index (χ1n) is 18.7. The first-order chi connectivity index (χ1) is 25.8. The Morgan fingerprint density at radius 1 is 0.815 bits per heavy atom. The zero-order valence-corrected chi connectivity index (χ0v) is 32.8. The summed E-state index contributed by atoms with van der Waals surface area (Å²) in [4.78, 5) is 12.9. The molecule has 8 heteroatoms. The van der Waals surface area contributed by atoms with Gasteiger partial charge in [0.1, 0.15) is 5.82 Å². The van der Waals surface area contributed by atoms with E-state index >= 15 is 0 Å². The molecule has 1 amide bonds. The van der Waals surface area contributed by atoms with Gasteiger partial charge in [-0.2, -0.15) is 0 Å². The SMILES string of the molecule is COc1cc2c(cc1OC)C(CCCC(CCCNC(=O)CCc1ccc(F)cc1)(c1ccccc1)c1ccccc1)(Cc1ccc(Cl)cc1)NCC2.Cl. The van der Waals surface area contributed by atoms with Crippen LogP contribution >= 0.6 is 24.0 Å². The van der Waals surface area contributed by atoms with E-state index in [0.717, 1.165) is 73.6 Å². The van der Waals surface area contributed by atoms with Gasteiger partial charge in [0.2, 0.25) is 5.91 Å². The van der Waals surface area contributed by atoms with Crippen molar-refractivity contribution in [1.82, 2.24) is 10.6 Å². The van der Waals surface area contributed by atoms with E-state index < -0.39 is 0 Å². The van der Waals surface area contributed by atoms with Crippen molar-refractivity contribution in [1.29, 1.82) is 0 Å². The highest BCUT2D eigenvalue weighted by Gasteiger charge is 2.40. The zero-order chi connectivity index (χ0) is 37.1. The van der Waals surface area contributed by atoms with Crippen LogP contribution in [0.3, 0.4) is 0 Å². The second-order valence-electron chi connectivity index (χ2n) is 14.2. The largest absolute Gasteiger partial charge is 0.493 e. The van der Waals surface area contributed by atoms with E-state index in [2.05, 4.69) is 95.6 Å². The van der Waals surface area contributed by atoms with Gasteiger partial charge in [-0.1, -0.05) is 103 Å². The van der Waals surface area contributed by atoms with Gasteiger partial charge in [0, 0.05) is 35.5 Å². The van der Waals surface area contributed by atoms with E-state index in [-0.39, 0.29) is 35.1 Å². The number of hydrogen-bond acceptors (Lipinski definition) is 4. The molecule has 0 saturated heterocycles. The van der Waals surface area contributed by atoms with Gasteiger partial charge < -0.3 is 20.1 Å². The number of nitrogens with one attached hydrogen (secondary N) is 2. The number of methoxy groups -OCH3 is 2. The van der Waals surface area contributed by atoms with E-state index in [9.17, 15) is 9.18 Å². The van der Waals surface area contributed by atoms with E-state index in [4.69, 9.17) is 21.1 Å². The minimum atomic E-state index is -0.335. The van der Waals surface area contributed by atoms with Gasteiger partial charge in [-0.25, -0.2) is 4.39 Å². The molecule has 5 aromatic rings. The van der Waals surface area contributed by atoms with Crippen molar-refractivity contribution in [2.75, 3.05) is 27.3 Å². The molecule has 284 valence electrons. The van der Waals surface area contributed by atoms with Crippen molar-refractivity contribution in [2.45, 2.75) is 68.7 Å². The minimum absolute atomic E-state index is 0. The third kappa shape index (κ3) is 9.84. The molecule has 0 aromatic heterocycles. The Morgan fingerprint density at radius 3 is 2.04 bits per heavy atom. The van der Waals surface area contributed by atoms with Gasteiger partial charge in [0.05, 0.1) is 14.2 Å². The Bertz CT molecular complexity index is 1890. The standard InChI is InChI=1S/C46H50ClFN2O3.ClH/c1-52-42-31-36-25-30-50-46(41(36)32-43(42)53-2,33-35-15-20-39(47)21-16-35)28-9-26-45(37-11-5-3-6-12-37,38-13-7-4-8-14-38)27-10-29-49-44(51)24-19-34-17-22-40(48)23-18-34;/h3-8,11-18,20-23,31-32,50H,9-10,19,24-30,33H2,1-2H3,(H,49,51);1H. The van der Waals surface area contributed by atoms with Crippen LogP contribution in [0.25, 0.3) is 0 Å². The molecule has 0 bridgehead atoms. The summed E-state index contributed by atoms with van der Waals surface area (Å²) in [5.74, 6) is 1.23. The van der Waals surface area contributed by atoms with E-state index in [0.29, 0.717) is 19.4 Å². The van der Waals surface area contributed by atoms with Gasteiger partial charge in [-0.05, 0) is 115 Å². The number of carbonyl (C=O) groups excluding carboxylic acids is 1. The summed E-state index contributed by atoms with van der Waals surface area (Å²) in [5, 5.41) is 7.89. The van der Waals surface area contributed by atoms with E-state index in [1.54, 1.807) is 26.4 Å². The lowest BCUT2D eigenvalue weighted by Crippen LogP contribution is -2.49. The summed E-state index contributed by atoms with van der Waals surface area (Å²) >= 11 is 6.33. The van der Waals surface area contributed by atoms with Crippen LogP contribution in [-0.4, -0.2) is 33.2 Å². The molecule has 0 saturated carbocycles. The molecule has 1 unspecified atom stereocenters. The summed E-state index contributed by atoms with van der Waals surface area (Å²) in [7, 11) is 3.39. The van der Waals surface area contributed by atoms with Crippen LogP contribution in [0, 0.1) is 5.82 Å². The quantitative estimate of drug-likeness (QED) is 0.0925. The second-order valence-corrected chi connectivity index (χ2v) is 14.6. The van der Waals surface area contributed by atoms with Crippen LogP contribution in [0.1, 0.15) is 71.9 Å². The Morgan fingerprint density at radius 2 is 1.41 bits per heavy atom. The van der Waals surface area contributed by atoms with Gasteiger partial charge in [-0.3, -0.25) is 4.79 Å². The summed E-state index contributed by atoms with van der Waals surface area (Å²) in [5.41, 5.74) is 6.67. The third-order valence-electron chi connectivity index (χ3n) is 10.9. The van der Waals surface area contributed by atoms with Crippen molar-refractivity contribution in [2.24, 2.45) is 0 Å². The summed E-state index contributed by atoms with van der Waals surface area (Å²) in [6.45, 7) is 1.44. The second kappa shape index (κ2) is 19.3. The molecule has 1 atom stereocenters. The maximum atomic E-state index is 13.3. The predicted molar refractivity (Wildman–Crippen MR) is 220 cm³/mol. The highest BCUT2D eigenvalue weighted by Crippen LogP contribution is 2.45. The maximum absolute atomic E-state index is 13.3. The number of ether oxygens (including phenoxy) is 2. The first-order valence-corrected chi connectivity index (χ1v) is 19.1. The van der Waals surface area contributed by atoms with Crippen molar-refractivity contribution < 1.29 is 18.7 Å². The lowest BCUT2D eigenvalue weighted by atomic mass is 9.66. The van der Waals surface area contributed by atoms with Gasteiger partial charge >= 0.3 is 0 Å².